The van der Waals surface area contributed by atoms with Gasteiger partial charge in [-0.1, -0.05) is 42.0 Å². The predicted molar refractivity (Wildman–Crippen MR) is 120 cm³/mol. The Hall–Kier alpha value is -3.53. The number of methoxy groups -OCH3 is 2. The van der Waals surface area contributed by atoms with Gasteiger partial charge >= 0.3 is 0 Å². The lowest BCUT2D eigenvalue weighted by Crippen LogP contribution is -2.06. The van der Waals surface area contributed by atoms with Crippen molar-refractivity contribution in [3.63, 3.8) is 0 Å². The molecule has 0 fully saturated rings. The van der Waals surface area contributed by atoms with E-state index in [0.29, 0.717) is 18.0 Å². The molecule has 0 atom stereocenters. The van der Waals surface area contributed by atoms with Gasteiger partial charge in [0.2, 0.25) is 0 Å². The monoisotopic (exact) mass is 399 g/mol. The number of ether oxygens (including phenoxy) is 2. The van der Waals surface area contributed by atoms with Crippen LogP contribution in [0.25, 0.3) is 22.3 Å². The number of hydrogen-bond donors (Lipinski definition) is 0. The van der Waals surface area contributed by atoms with Gasteiger partial charge in [0.1, 0.15) is 11.3 Å². The molecule has 0 aliphatic carbocycles. The molecule has 3 aromatic carbocycles. The van der Waals surface area contributed by atoms with E-state index in [4.69, 9.17) is 18.9 Å². The molecule has 0 aliphatic rings. The SMILES string of the molecule is COc1ccc(-c2cc(=NCCc3ccccc3)c3cc(C)ccc3o2)cc1OC. The Morgan fingerprint density at radius 2 is 1.63 bits per heavy atom. The standard InChI is InChI=1S/C26H25NO3/c1-18-9-11-23-21(15-18)22(27-14-13-19-7-5-4-6-8-19)17-25(30-23)20-10-12-24(28-2)26(16-20)29-3/h4-12,15-17H,13-14H2,1-3H3. The molecule has 4 nitrogen and oxygen atoms in total. The molecular weight excluding hydrogens is 374 g/mol. The lowest BCUT2D eigenvalue weighted by atomic mass is 10.1. The first-order valence-electron chi connectivity index (χ1n) is 9.99. The van der Waals surface area contributed by atoms with E-state index in [1.165, 1.54) is 11.1 Å². The van der Waals surface area contributed by atoms with Crippen LogP contribution in [0.3, 0.4) is 0 Å². The summed E-state index contributed by atoms with van der Waals surface area (Å²) < 4.78 is 17.0. The molecule has 0 aliphatic heterocycles. The summed E-state index contributed by atoms with van der Waals surface area (Å²) in [6.07, 6.45) is 0.895. The smallest absolute Gasteiger partial charge is 0.161 e. The summed E-state index contributed by atoms with van der Waals surface area (Å²) in [4.78, 5) is 4.92. The second-order valence-electron chi connectivity index (χ2n) is 7.18. The highest BCUT2D eigenvalue weighted by atomic mass is 16.5. The highest BCUT2D eigenvalue weighted by Crippen LogP contribution is 2.32. The first kappa shape index (κ1) is 19.8. The first-order chi connectivity index (χ1) is 14.7. The van der Waals surface area contributed by atoms with Crippen molar-refractivity contribution in [1.82, 2.24) is 0 Å². The number of hydrogen-bond acceptors (Lipinski definition) is 4. The molecule has 4 rings (SSSR count). The second kappa shape index (κ2) is 8.87. The molecule has 30 heavy (non-hydrogen) atoms. The maximum absolute atomic E-state index is 6.22. The second-order valence-corrected chi connectivity index (χ2v) is 7.18. The van der Waals surface area contributed by atoms with E-state index in [1.54, 1.807) is 14.2 Å². The summed E-state index contributed by atoms with van der Waals surface area (Å²) in [6.45, 7) is 2.79. The van der Waals surface area contributed by atoms with Crippen molar-refractivity contribution >= 4 is 11.0 Å². The maximum Gasteiger partial charge on any atom is 0.161 e. The third-order valence-corrected chi connectivity index (χ3v) is 5.09. The van der Waals surface area contributed by atoms with Crippen molar-refractivity contribution in [3.8, 4) is 22.8 Å². The summed E-state index contributed by atoms with van der Waals surface area (Å²) in [7, 11) is 3.26. The Morgan fingerprint density at radius 1 is 0.833 bits per heavy atom. The van der Waals surface area contributed by atoms with Gasteiger partial charge in [0.25, 0.3) is 0 Å². The molecule has 0 bridgehead atoms. The third kappa shape index (κ3) is 4.23. The number of nitrogens with zero attached hydrogens (tertiary/aromatic N) is 1. The number of fused-ring (bicyclic) bond motifs is 1. The largest absolute Gasteiger partial charge is 0.493 e. The van der Waals surface area contributed by atoms with Crippen LogP contribution in [0.5, 0.6) is 11.5 Å². The summed E-state index contributed by atoms with van der Waals surface area (Å²) in [5, 5.41) is 1.95. The van der Waals surface area contributed by atoms with Crippen LogP contribution in [0.2, 0.25) is 0 Å². The zero-order valence-electron chi connectivity index (χ0n) is 17.5. The summed E-state index contributed by atoms with van der Waals surface area (Å²) in [5.74, 6) is 2.09. The fraction of sp³-hybridized carbons (Fsp3) is 0.192. The molecule has 0 N–H and O–H groups in total. The number of benzene rings is 3. The van der Waals surface area contributed by atoms with E-state index < -0.39 is 0 Å². The molecule has 0 spiro atoms. The molecule has 0 saturated carbocycles. The normalized spacial score (nSPS) is 11.6. The van der Waals surface area contributed by atoms with Crippen molar-refractivity contribution in [2.45, 2.75) is 13.3 Å². The minimum absolute atomic E-state index is 0.664. The van der Waals surface area contributed by atoms with Gasteiger partial charge < -0.3 is 13.9 Å². The zero-order valence-corrected chi connectivity index (χ0v) is 17.5. The highest BCUT2D eigenvalue weighted by molar-refractivity contribution is 5.79. The van der Waals surface area contributed by atoms with Crippen molar-refractivity contribution in [2.24, 2.45) is 4.99 Å². The van der Waals surface area contributed by atoms with Gasteiger partial charge in [-0.05, 0) is 49.2 Å². The molecule has 152 valence electrons. The molecule has 1 heterocycles. The molecule has 0 amide bonds. The summed E-state index contributed by atoms with van der Waals surface area (Å²) in [5.41, 5.74) is 4.18. The van der Waals surface area contributed by atoms with Crippen LogP contribution >= 0.6 is 0 Å². The van der Waals surface area contributed by atoms with E-state index >= 15 is 0 Å². The quantitative estimate of drug-likeness (QED) is 0.426. The van der Waals surface area contributed by atoms with Gasteiger partial charge in [-0.25, -0.2) is 0 Å². The zero-order chi connectivity index (χ0) is 20.9. The molecular formula is C26H25NO3. The van der Waals surface area contributed by atoms with E-state index in [9.17, 15) is 0 Å². The lowest BCUT2D eigenvalue weighted by Gasteiger charge is -2.10. The van der Waals surface area contributed by atoms with Crippen LogP contribution in [-0.4, -0.2) is 20.8 Å². The van der Waals surface area contributed by atoms with Crippen LogP contribution in [0.1, 0.15) is 11.1 Å². The van der Waals surface area contributed by atoms with Gasteiger partial charge in [0.15, 0.2) is 11.5 Å². The molecule has 0 unspecified atom stereocenters. The average Bonchev–Trinajstić information content (AvgIpc) is 2.79. The third-order valence-electron chi connectivity index (χ3n) is 5.09. The van der Waals surface area contributed by atoms with E-state index in [2.05, 4.69) is 43.3 Å². The van der Waals surface area contributed by atoms with Crippen LogP contribution in [0.15, 0.2) is 82.2 Å². The fourth-order valence-corrected chi connectivity index (χ4v) is 3.50. The Kier molecular flexibility index (Phi) is 5.84. The number of rotatable bonds is 6. The molecule has 1 aromatic heterocycles. The van der Waals surface area contributed by atoms with E-state index in [1.807, 2.05) is 36.4 Å². The van der Waals surface area contributed by atoms with Crippen molar-refractivity contribution in [2.75, 3.05) is 20.8 Å². The van der Waals surface area contributed by atoms with E-state index in [-0.39, 0.29) is 0 Å². The van der Waals surface area contributed by atoms with Crippen molar-refractivity contribution in [1.29, 1.82) is 0 Å². The van der Waals surface area contributed by atoms with Crippen LogP contribution in [-0.2, 0) is 6.42 Å². The molecule has 4 aromatic rings. The number of aryl methyl sites for hydroxylation is 1. The molecule has 0 saturated heterocycles. The Balaban J connectivity index is 1.78. The van der Waals surface area contributed by atoms with Crippen LogP contribution in [0.4, 0.5) is 0 Å². The minimum Gasteiger partial charge on any atom is -0.493 e. The molecule has 4 heteroatoms. The average molecular weight is 399 g/mol. The Labute approximate surface area is 176 Å². The summed E-state index contributed by atoms with van der Waals surface area (Å²) >= 11 is 0. The Bertz CT molecular complexity index is 1230. The minimum atomic E-state index is 0.664. The van der Waals surface area contributed by atoms with Crippen LogP contribution in [0, 0.1) is 6.92 Å². The van der Waals surface area contributed by atoms with Crippen molar-refractivity contribution < 1.29 is 13.9 Å². The predicted octanol–water partition coefficient (Wildman–Crippen LogP) is 5.57. The maximum atomic E-state index is 6.22. The fourth-order valence-electron chi connectivity index (χ4n) is 3.50. The Morgan fingerprint density at radius 3 is 2.40 bits per heavy atom. The van der Waals surface area contributed by atoms with Crippen molar-refractivity contribution in [3.05, 3.63) is 89.3 Å². The topological polar surface area (TPSA) is 44.0 Å². The highest BCUT2D eigenvalue weighted by Gasteiger charge is 2.10. The van der Waals surface area contributed by atoms with Gasteiger partial charge in [-0.3, -0.25) is 4.99 Å². The van der Waals surface area contributed by atoms with Gasteiger partial charge in [0, 0.05) is 23.6 Å². The lowest BCUT2D eigenvalue weighted by molar-refractivity contribution is 0.355. The van der Waals surface area contributed by atoms with Gasteiger partial charge in [-0.2, -0.15) is 0 Å². The summed E-state index contributed by atoms with van der Waals surface area (Å²) in [6, 6.07) is 24.4. The first-order valence-corrected chi connectivity index (χ1v) is 9.99. The van der Waals surface area contributed by atoms with Gasteiger partial charge in [0.05, 0.1) is 19.6 Å². The van der Waals surface area contributed by atoms with Crippen LogP contribution < -0.4 is 14.8 Å². The molecule has 0 radical (unpaired) electrons. The van der Waals surface area contributed by atoms with Gasteiger partial charge in [-0.15, -0.1) is 0 Å². The van der Waals surface area contributed by atoms with E-state index in [0.717, 1.165) is 34.1 Å².